The molecule has 0 saturated carbocycles. The number of hydrogen-bond acceptors (Lipinski definition) is 2. The van der Waals surface area contributed by atoms with Gasteiger partial charge >= 0.3 is 12.0 Å². The first-order valence-electron chi connectivity index (χ1n) is 5.01. The molecule has 0 aliphatic heterocycles. The number of carbonyl (C=O) groups is 2. The summed E-state index contributed by atoms with van der Waals surface area (Å²) >= 11 is 0. The number of carbonyl (C=O) groups excluding carboxylic acids is 1. The molecule has 0 bridgehead atoms. The van der Waals surface area contributed by atoms with Gasteiger partial charge in [-0.25, -0.2) is 9.59 Å². The second-order valence-corrected chi connectivity index (χ2v) is 3.65. The van der Waals surface area contributed by atoms with Gasteiger partial charge in [0.15, 0.2) is 0 Å². The van der Waals surface area contributed by atoms with Gasteiger partial charge in [-0.1, -0.05) is 6.08 Å². The lowest BCUT2D eigenvalue weighted by Crippen LogP contribution is -2.31. The van der Waals surface area contributed by atoms with Gasteiger partial charge in [-0.2, -0.15) is 0 Å². The molecule has 0 radical (unpaired) electrons. The molecule has 1 aromatic rings. The molecule has 0 aromatic carbocycles. The smallest absolute Gasteiger partial charge is 0.354 e. The normalized spacial score (nSPS) is 9.76. The van der Waals surface area contributed by atoms with E-state index in [2.05, 4.69) is 16.9 Å². The number of rotatable bonds is 4. The summed E-state index contributed by atoms with van der Waals surface area (Å²) in [6.45, 7) is 5.62. The van der Waals surface area contributed by atoms with Crippen molar-refractivity contribution >= 4 is 17.7 Å². The molecule has 3 N–H and O–H groups in total. The molecule has 1 rings (SSSR count). The van der Waals surface area contributed by atoms with E-state index in [9.17, 15) is 9.59 Å². The van der Waals surface area contributed by atoms with E-state index >= 15 is 0 Å². The molecule has 6 heteroatoms. The fourth-order valence-electron chi connectivity index (χ4n) is 1.34. The zero-order valence-electron chi connectivity index (χ0n) is 9.78. The number of carboxylic acids is 1. The lowest BCUT2D eigenvalue weighted by atomic mass is 10.3. The van der Waals surface area contributed by atoms with E-state index in [0.717, 1.165) is 0 Å². The molecule has 0 saturated heterocycles. The maximum atomic E-state index is 11.6. The Hall–Kier alpha value is -2.24. The first-order chi connectivity index (χ1) is 7.95. The van der Waals surface area contributed by atoms with Gasteiger partial charge in [-0.15, -0.1) is 6.58 Å². The first kappa shape index (κ1) is 12.8. The Morgan fingerprint density at radius 1 is 1.65 bits per heavy atom. The Morgan fingerprint density at radius 3 is 2.82 bits per heavy atom. The summed E-state index contributed by atoms with van der Waals surface area (Å²) in [5, 5.41) is 11.4. The van der Waals surface area contributed by atoms with E-state index in [1.807, 2.05) is 0 Å². The lowest BCUT2D eigenvalue weighted by Gasteiger charge is -2.15. The number of amides is 2. The molecular formula is C11H15N3O3. The first-order valence-corrected chi connectivity index (χ1v) is 5.01. The van der Waals surface area contributed by atoms with Crippen LogP contribution in [-0.2, 0) is 0 Å². The Labute approximate surface area is 98.9 Å². The summed E-state index contributed by atoms with van der Waals surface area (Å²) in [5.74, 6) is -1.11. The molecule has 0 atom stereocenters. The standard InChI is InChI=1S/C11H15N3O3/c1-4-5-14(3)11(17)13-8-6-7(2)12-9(8)10(15)16/h4,6,12H,1,5H2,2-3H3,(H,13,17)(H,15,16). The maximum absolute atomic E-state index is 11.6. The largest absolute Gasteiger partial charge is 0.477 e. The van der Waals surface area contributed by atoms with Crippen LogP contribution in [0.5, 0.6) is 0 Å². The van der Waals surface area contributed by atoms with Crippen LogP contribution >= 0.6 is 0 Å². The van der Waals surface area contributed by atoms with Gasteiger partial charge in [0.1, 0.15) is 5.69 Å². The fraction of sp³-hybridized carbons (Fsp3) is 0.273. The third kappa shape index (κ3) is 3.10. The van der Waals surface area contributed by atoms with Crippen molar-refractivity contribution in [2.45, 2.75) is 6.92 Å². The van der Waals surface area contributed by atoms with Crippen LogP contribution in [0.1, 0.15) is 16.2 Å². The number of nitrogens with one attached hydrogen (secondary N) is 2. The molecule has 1 heterocycles. The highest BCUT2D eigenvalue weighted by Gasteiger charge is 2.16. The van der Waals surface area contributed by atoms with Crippen molar-refractivity contribution < 1.29 is 14.7 Å². The number of anilines is 1. The van der Waals surface area contributed by atoms with Gasteiger partial charge in [0.05, 0.1) is 5.69 Å². The number of carboxylic acid groups (broad SMARTS) is 1. The van der Waals surface area contributed by atoms with Crippen LogP contribution in [0.3, 0.4) is 0 Å². The Kier molecular flexibility index (Phi) is 3.92. The molecule has 0 aliphatic rings. The monoisotopic (exact) mass is 237 g/mol. The van der Waals surface area contributed by atoms with Crippen LogP contribution in [0.15, 0.2) is 18.7 Å². The van der Waals surface area contributed by atoms with Crippen LogP contribution in [0.2, 0.25) is 0 Å². The van der Waals surface area contributed by atoms with Crippen molar-refractivity contribution in [3.63, 3.8) is 0 Å². The highest BCUT2D eigenvalue weighted by molar-refractivity contribution is 5.99. The molecule has 6 nitrogen and oxygen atoms in total. The average molecular weight is 237 g/mol. The number of H-pyrrole nitrogens is 1. The maximum Gasteiger partial charge on any atom is 0.354 e. The van der Waals surface area contributed by atoms with Crippen LogP contribution in [0.25, 0.3) is 0 Å². The lowest BCUT2D eigenvalue weighted by molar-refractivity contribution is 0.0692. The van der Waals surface area contributed by atoms with Crippen molar-refractivity contribution in [2.24, 2.45) is 0 Å². The Balaban J connectivity index is 2.84. The summed E-state index contributed by atoms with van der Waals surface area (Å²) in [7, 11) is 1.59. The zero-order chi connectivity index (χ0) is 13.0. The van der Waals surface area contributed by atoms with Crippen molar-refractivity contribution in [1.29, 1.82) is 0 Å². The summed E-state index contributed by atoms with van der Waals surface area (Å²) in [6.07, 6.45) is 1.58. The van der Waals surface area contributed by atoms with Gasteiger partial charge in [0.2, 0.25) is 0 Å². The number of aromatic nitrogens is 1. The summed E-state index contributed by atoms with van der Waals surface area (Å²) in [6, 6.07) is 1.19. The molecule has 92 valence electrons. The van der Waals surface area contributed by atoms with Crippen LogP contribution < -0.4 is 5.32 Å². The second kappa shape index (κ2) is 5.20. The molecule has 0 unspecified atom stereocenters. The predicted molar refractivity (Wildman–Crippen MR) is 64.3 cm³/mol. The van der Waals surface area contributed by atoms with Crippen molar-refractivity contribution in [1.82, 2.24) is 9.88 Å². The van der Waals surface area contributed by atoms with Gasteiger partial charge in [0.25, 0.3) is 0 Å². The van der Waals surface area contributed by atoms with Crippen LogP contribution in [0.4, 0.5) is 10.5 Å². The number of aromatic amines is 1. The molecule has 17 heavy (non-hydrogen) atoms. The molecule has 1 aromatic heterocycles. The van der Waals surface area contributed by atoms with Gasteiger partial charge in [0, 0.05) is 19.3 Å². The fourth-order valence-corrected chi connectivity index (χ4v) is 1.34. The molecule has 0 aliphatic carbocycles. The molecule has 0 spiro atoms. The van der Waals surface area contributed by atoms with Gasteiger partial charge in [-0.3, -0.25) is 0 Å². The third-order valence-electron chi connectivity index (χ3n) is 2.16. The quantitative estimate of drug-likeness (QED) is 0.696. The summed E-state index contributed by atoms with van der Waals surface area (Å²) < 4.78 is 0. The van der Waals surface area contributed by atoms with E-state index in [0.29, 0.717) is 12.2 Å². The molecular weight excluding hydrogens is 222 g/mol. The summed E-state index contributed by atoms with van der Waals surface area (Å²) in [5.41, 5.74) is 0.905. The molecule has 0 fully saturated rings. The highest BCUT2D eigenvalue weighted by Crippen LogP contribution is 2.17. The number of aromatic carboxylic acids is 1. The highest BCUT2D eigenvalue weighted by atomic mass is 16.4. The Morgan fingerprint density at radius 2 is 2.29 bits per heavy atom. The van der Waals surface area contributed by atoms with Gasteiger partial charge in [-0.05, 0) is 13.0 Å². The van der Waals surface area contributed by atoms with Crippen LogP contribution in [-0.4, -0.2) is 40.6 Å². The zero-order valence-corrected chi connectivity index (χ0v) is 9.78. The van der Waals surface area contributed by atoms with Crippen LogP contribution in [0, 0.1) is 6.92 Å². The van der Waals surface area contributed by atoms with E-state index in [1.54, 1.807) is 26.1 Å². The van der Waals surface area contributed by atoms with E-state index in [4.69, 9.17) is 5.11 Å². The number of likely N-dealkylation sites (N-methyl/N-ethyl adjacent to an activating group) is 1. The van der Waals surface area contributed by atoms with E-state index in [1.165, 1.54) is 4.90 Å². The number of hydrogen-bond donors (Lipinski definition) is 3. The van der Waals surface area contributed by atoms with E-state index < -0.39 is 5.97 Å². The van der Waals surface area contributed by atoms with Crippen molar-refractivity contribution in [2.75, 3.05) is 18.9 Å². The van der Waals surface area contributed by atoms with Crippen molar-refractivity contribution in [3.05, 3.63) is 30.1 Å². The third-order valence-corrected chi connectivity index (χ3v) is 2.16. The minimum Gasteiger partial charge on any atom is -0.477 e. The van der Waals surface area contributed by atoms with Gasteiger partial charge < -0.3 is 20.3 Å². The van der Waals surface area contributed by atoms with E-state index in [-0.39, 0.29) is 17.4 Å². The minimum absolute atomic E-state index is 0.0251. The topological polar surface area (TPSA) is 85.4 Å². The Bertz CT molecular complexity index is 451. The number of nitrogens with zero attached hydrogens (tertiary/aromatic N) is 1. The summed E-state index contributed by atoms with van der Waals surface area (Å²) in [4.78, 5) is 26.6. The minimum atomic E-state index is -1.11. The SMILES string of the molecule is C=CCN(C)C(=O)Nc1cc(C)[nH]c1C(=O)O. The number of aryl methyl sites for hydroxylation is 1. The number of urea groups is 1. The molecule has 2 amide bonds. The average Bonchev–Trinajstić information content (AvgIpc) is 2.60. The second-order valence-electron chi connectivity index (χ2n) is 3.65. The predicted octanol–water partition coefficient (Wildman–Crippen LogP) is 1.67. The van der Waals surface area contributed by atoms with Crippen molar-refractivity contribution in [3.8, 4) is 0 Å².